The lowest BCUT2D eigenvalue weighted by Gasteiger charge is -2.06. The van der Waals surface area contributed by atoms with Gasteiger partial charge in [0.05, 0.1) is 4.88 Å². The molecule has 4 atom stereocenters. The monoisotopic (exact) mass is 232 g/mol. The van der Waals surface area contributed by atoms with E-state index in [0.717, 1.165) is 28.5 Å². The highest BCUT2D eigenvalue weighted by Gasteiger charge is 2.67. The molecule has 1 aromatic rings. The maximum absolute atomic E-state index is 12.4. The number of Topliss-reactive ketones (excluding diaryl/α,β-unsaturated/α-hetero) is 1. The van der Waals surface area contributed by atoms with E-state index in [1.807, 2.05) is 6.07 Å². The van der Waals surface area contributed by atoms with E-state index in [0.29, 0.717) is 11.7 Å². The zero-order valence-corrected chi connectivity index (χ0v) is 10.3. The average Bonchev–Trinajstić information content (AvgIpc) is 2.68. The van der Waals surface area contributed by atoms with Gasteiger partial charge in [0.15, 0.2) is 5.78 Å². The lowest BCUT2D eigenvalue weighted by molar-refractivity contribution is 0.0948. The van der Waals surface area contributed by atoms with Crippen LogP contribution in [0.5, 0.6) is 0 Å². The molecule has 4 rings (SSSR count). The molecule has 1 aromatic heterocycles. The van der Waals surface area contributed by atoms with Crippen LogP contribution in [0.25, 0.3) is 0 Å². The minimum Gasteiger partial charge on any atom is -0.293 e. The summed E-state index contributed by atoms with van der Waals surface area (Å²) in [5, 5.41) is 0. The van der Waals surface area contributed by atoms with Crippen LogP contribution >= 0.6 is 11.3 Å². The first kappa shape index (κ1) is 9.41. The van der Waals surface area contributed by atoms with Gasteiger partial charge in [-0.1, -0.05) is 0 Å². The number of aryl methyl sites for hydroxylation is 1. The lowest BCUT2D eigenvalue weighted by atomic mass is 9.99. The fourth-order valence-electron chi connectivity index (χ4n) is 4.41. The zero-order chi connectivity index (χ0) is 10.9. The number of fused-ring (bicyclic) bond motifs is 5. The Hall–Kier alpha value is -0.630. The summed E-state index contributed by atoms with van der Waals surface area (Å²) in [6.45, 7) is 2.08. The van der Waals surface area contributed by atoms with Gasteiger partial charge >= 0.3 is 0 Å². The molecule has 0 N–H and O–H groups in total. The molecular formula is C14H16OS. The number of ketones is 1. The van der Waals surface area contributed by atoms with E-state index >= 15 is 0 Å². The molecule has 84 valence electrons. The fourth-order valence-corrected chi connectivity index (χ4v) is 5.26. The van der Waals surface area contributed by atoms with Crippen LogP contribution in [-0.4, -0.2) is 5.78 Å². The van der Waals surface area contributed by atoms with Gasteiger partial charge in [0.1, 0.15) is 0 Å². The number of rotatable bonds is 2. The minimum absolute atomic E-state index is 0.421. The quantitative estimate of drug-likeness (QED) is 0.713. The number of hydrogen-bond acceptors (Lipinski definition) is 2. The van der Waals surface area contributed by atoms with Crippen LogP contribution in [0.1, 0.15) is 33.8 Å². The molecule has 3 saturated carbocycles. The number of carbonyl (C=O) groups is 1. The highest BCUT2D eigenvalue weighted by molar-refractivity contribution is 7.14. The van der Waals surface area contributed by atoms with E-state index in [1.165, 1.54) is 24.1 Å². The summed E-state index contributed by atoms with van der Waals surface area (Å²) in [5.74, 6) is 4.27. The van der Waals surface area contributed by atoms with Crippen molar-refractivity contribution in [3.8, 4) is 0 Å². The topological polar surface area (TPSA) is 17.1 Å². The molecule has 1 heterocycles. The van der Waals surface area contributed by atoms with Gasteiger partial charge in [-0.25, -0.2) is 0 Å². The van der Waals surface area contributed by atoms with Gasteiger partial charge < -0.3 is 0 Å². The minimum atomic E-state index is 0.421. The van der Waals surface area contributed by atoms with Gasteiger partial charge in [-0.05, 0) is 62.0 Å². The van der Waals surface area contributed by atoms with Crippen molar-refractivity contribution in [3.63, 3.8) is 0 Å². The van der Waals surface area contributed by atoms with E-state index in [4.69, 9.17) is 0 Å². The maximum atomic E-state index is 12.4. The Morgan fingerprint density at radius 3 is 2.50 bits per heavy atom. The highest BCUT2D eigenvalue weighted by atomic mass is 32.1. The van der Waals surface area contributed by atoms with Gasteiger partial charge in [0, 0.05) is 10.8 Å². The standard InChI is InChI=1S/C14H16OS/c1-7-2-5-10(16-7)14(15)13-11-8-3-4-9(6-8)12(11)13/h2,5,8-9,11-13H,3-4,6H2,1H3. The SMILES string of the molecule is Cc1ccc(C(=O)C2C3C4CCC(C4)C23)s1. The summed E-state index contributed by atoms with van der Waals surface area (Å²) in [6.07, 6.45) is 4.24. The second-order valence-corrected chi connectivity index (χ2v) is 7.08. The van der Waals surface area contributed by atoms with Gasteiger partial charge in [0.25, 0.3) is 0 Å². The molecule has 2 bridgehead atoms. The summed E-state index contributed by atoms with van der Waals surface area (Å²) < 4.78 is 0. The van der Waals surface area contributed by atoms with Crippen molar-refractivity contribution in [2.75, 3.05) is 0 Å². The fraction of sp³-hybridized carbons (Fsp3) is 0.643. The summed E-state index contributed by atoms with van der Waals surface area (Å²) in [7, 11) is 0. The molecule has 3 aliphatic carbocycles. The normalized spacial score (nSPS) is 43.4. The van der Waals surface area contributed by atoms with E-state index in [1.54, 1.807) is 11.3 Å². The van der Waals surface area contributed by atoms with Gasteiger partial charge in [-0.2, -0.15) is 0 Å². The molecule has 0 spiro atoms. The number of carbonyl (C=O) groups excluding carboxylic acids is 1. The smallest absolute Gasteiger partial charge is 0.176 e. The molecule has 3 aliphatic rings. The maximum Gasteiger partial charge on any atom is 0.176 e. The Balaban J connectivity index is 1.59. The van der Waals surface area contributed by atoms with Gasteiger partial charge in [0.2, 0.25) is 0 Å². The third kappa shape index (κ3) is 1.09. The van der Waals surface area contributed by atoms with Gasteiger partial charge in [-0.3, -0.25) is 4.79 Å². The van der Waals surface area contributed by atoms with Crippen molar-refractivity contribution in [3.05, 3.63) is 21.9 Å². The molecule has 2 heteroatoms. The molecule has 0 radical (unpaired) electrons. The van der Waals surface area contributed by atoms with Crippen molar-refractivity contribution >= 4 is 17.1 Å². The van der Waals surface area contributed by atoms with E-state index in [-0.39, 0.29) is 0 Å². The molecule has 1 nitrogen and oxygen atoms in total. The van der Waals surface area contributed by atoms with Crippen molar-refractivity contribution < 1.29 is 4.79 Å². The number of thiophene rings is 1. The van der Waals surface area contributed by atoms with E-state index in [9.17, 15) is 4.79 Å². The van der Waals surface area contributed by atoms with Crippen LogP contribution in [0.3, 0.4) is 0 Å². The summed E-state index contributed by atoms with van der Waals surface area (Å²) in [4.78, 5) is 14.6. The third-order valence-corrected chi connectivity index (χ3v) is 6.04. The molecular weight excluding hydrogens is 216 g/mol. The second kappa shape index (κ2) is 2.98. The first-order valence-corrected chi connectivity index (χ1v) is 7.18. The lowest BCUT2D eigenvalue weighted by Crippen LogP contribution is -2.08. The Morgan fingerprint density at radius 2 is 1.94 bits per heavy atom. The molecule has 16 heavy (non-hydrogen) atoms. The Bertz CT molecular complexity index is 445. The first-order valence-electron chi connectivity index (χ1n) is 6.36. The van der Waals surface area contributed by atoms with E-state index < -0.39 is 0 Å². The second-order valence-electron chi connectivity index (χ2n) is 5.79. The Kier molecular flexibility index (Phi) is 1.75. The van der Waals surface area contributed by atoms with Crippen molar-refractivity contribution in [1.29, 1.82) is 0 Å². The average molecular weight is 232 g/mol. The summed E-state index contributed by atoms with van der Waals surface area (Å²) in [5.41, 5.74) is 0. The first-order chi connectivity index (χ1) is 7.75. The van der Waals surface area contributed by atoms with Crippen molar-refractivity contribution in [2.45, 2.75) is 26.2 Å². The number of hydrogen-bond donors (Lipinski definition) is 0. The molecule has 0 aromatic carbocycles. The molecule has 0 amide bonds. The van der Waals surface area contributed by atoms with Crippen LogP contribution in [0, 0.1) is 36.5 Å². The summed E-state index contributed by atoms with van der Waals surface area (Å²) >= 11 is 1.68. The molecule has 0 saturated heterocycles. The van der Waals surface area contributed by atoms with Crippen molar-refractivity contribution in [1.82, 2.24) is 0 Å². The van der Waals surface area contributed by atoms with Crippen LogP contribution in [0.2, 0.25) is 0 Å². The molecule has 0 aliphatic heterocycles. The van der Waals surface area contributed by atoms with Crippen LogP contribution in [0.15, 0.2) is 12.1 Å². The van der Waals surface area contributed by atoms with Crippen molar-refractivity contribution in [2.24, 2.45) is 29.6 Å². The Labute approximate surface area is 99.9 Å². The zero-order valence-electron chi connectivity index (χ0n) is 9.48. The van der Waals surface area contributed by atoms with Crippen LogP contribution < -0.4 is 0 Å². The third-order valence-electron chi connectivity index (χ3n) is 5.02. The molecule has 3 fully saturated rings. The Morgan fingerprint density at radius 1 is 1.25 bits per heavy atom. The predicted octanol–water partition coefficient (Wildman–Crippen LogP) is 3.53. The van der Waals surface area contributed by atoms with E-state index in [2.05, 4.69) is 13.0 Å². The van der Waals surface area contributed by atoms with Crippen LogP contribution in [0.4, 0.5) is 0 Å². The molecule has 4 unspecified atom stereocenters. The largest absolute Gasteiger partial charge is 0.293 e. The highest BCUT2D eigenvalue weighted by Crippen LogP contribution is 2.70. The van der Waals surface area contributed by atoms with Gasteiger partial charge in [-0.15, -0.1) is 11.3 Å². The van der Waals surface area contributed by atoms with Crippen LogP contribution in [-0.2, 0) is 0 Å². The summed E-state index contributed by atoms with van der Waals surface area (Å²) in [6, 6.07) is 4.10. The predicted molar refractivity (Wildman–Crippen MR) is 64.7 cm³/mol.